The first-order chi connectivity index (χ1) is 5.27. The van der Waals surface area contributed by atoms with Crippen molar-refractivity contribution in [2.45, 2.75) is 5.03 Å². The summed E-state index contributed by atoms with van der Waals surface area (Å²) in [5, 5.41) is 16.7. The zero-order valence-corrected chi connectivity index (χ0v) is 6.23. The lowest BCUT2D eigenvalue weighted by atomic mass is 10.4. The number of rotatable bonds is 0. The van der Waals surface area contributed by atoms with Gasteiger partial charge in [-0.15, -0.1) is 22.8 Å². The van der Waals surface area contributed by atoms with Crippen molar-refractivity contribution in [3.63, 3.8) is 0 Å². The molecule has 0 aromatic heterocycles. The Morgan fingerprint density at radius 2 is 2.27 bits per heavy atom. The first-order valence-corrected chi connectivity index (χ1v) is 3.30. The molecule has 0 bridgehead atoms. The van der Waals surface area contributed by atoms with Crippen molar-refractivity contribution in [2.75, 3.05) is 0 Å². The third-order valence-corrected chi connectivity index (χ3v) is 1.57. The standard InChI is InChI=1S/C5H4N4OS/c10-9-1-3-4(6-2-9)5(11)8-7-3/h1-2,10-11H. The summed E-state index contributed by atoms with van der Waals surface area (Å²) in [5.41, 5.74) is 1.12. The quantitative estimate of drug-likeness (QED) is 0.439. The van der Waals surface area contributed by atoms with Gasteiger partial charge >= 0.3 is 0 Å². The molecule has 5 nitrogen and oxygen atoms in total. The molecule has 0 saturated carbocycles. The first kappa shape index (κ1) is 6.41. The molecule has 0 spiro atoms. The van der Waals surface area contributed by atoms with Gasteiger partial charge in [-0.25, -0.2) is 4.98 Å². The first-order valence-electron chi connectivity index (χ1n) is 2.86. The highest BCUT2D eigenvalue weighted by molar-refractivity contribution is 7.80. The summed E-state index contributed by atoms with van der Waals surface area (Å²) in [6.07, 6.45) is 2.67. The van der Waals surface area contributed by atoms with Crippen molar-refractivity contribution in [3.8, 4) is 11.4 Å². The van der Waals surface area contributed by atoms with E-state index in [1.165, 1.54) is 12.5 Å². The lowest BCUT2D eigenvalue weighted by Gasteiger charge is -1.97. The van der Waals surface area contributed by atoms with E-state index in [4.69, 9.17) is 5.21 Å². The van der Waals surface area contributed by atoms with E-state index >= 15 is 0 Å². The SMILES string of the molecule is On1cnc2c(S)nnc-2c1. The monoisotopic (exact) mass is 168 g/mol. The molecule has 0 aliphatic carbocycles. The molecule has 0 unspecified atom stereocenters. The van der Waals surface area contributed by atoms with Crippen LogP contribution in [0.25, 0.3) is 11.4 Å². The van der Waals surface area contributed by atoms with Gasteiger partial charge in [0, 0.05) is 0 Å². The van der Waals surface area contributed by atoms with E-state index < -0.39 is 0 Å². The van der Waals surface area contributed by atoms with Gasteiger partial charge in [-0.05, 0) is 0 Å². The topological polar surface area (TPSA) is 63.8 Å². The fourth-order valence-corrected chi connectivity index (χ4v) is 1.01. The molecule has 0 saturated heterocycles. The Hall–Kier alpha value is -1.30. The number of thiol groups is 1. The highest BCUT2D eigenvalue weighted by atomic mass is 32.1. The van der Waals surface area contributed by atoms with Gasteiger partial charge in [0.15, 0.2) is 0 Å². The van der Waals surface area contributed by atoms with Gasteiger partial charge in [0.05, 0.1) is 6.20 Å². The van der Waals surface area contributed by atoms with Crippen LogP contribution in [0.1, 0.15) is 0 Å². The molecule has 2 aliphatic rings. The molecule has 0 radical (unpaired) electrons. The minimum absolute atomic E-state index is 0.473. The molecule has 2 rings (SSSR count). The molecule has 0 atom stereocenters. The van der Waals surface area contributed by atoms with Crippen LogP contribution < -0.4 is 0 Å². The highest BCUT2D eigenvalue weighted by Crippen LogP contribution is 2.20. The summed E-state index contributed by atoms with van der Waals surface area (Å²) in [6.45, 7) is 0. The number of hydrogen-bond donors (Lipinski definition) is 2. The van der Waals surface area contributed by atoms with Crippen LogP contribution in [0.15, 0.2) is 17.6 Å². The fraction of sp³-hybridized carbons (Fsp3) is 0. The van der Waals surface area contributed by atoms with Gasteiger partial charge < -0.3 is 5.21 Å². The van der Waals surface area contributed by atoms with Crippen LogP contribution in [0.4, 0.5) is 0 Å². The van der Waals surface area contributed by atoms with Crippen LogP contribution >= 0.6 is 12.6 Å². The van der Waals surface area contributed by atoms with Crippen LogP contribution in [0, 0.1) is 0 Å². The van der Waals surface area contributed by atoms with Gasteiger partial charge in [-0.2, -0.15) is 4.73 Å². The van der Waals surface area contributed by atoms with Gasteiger partial charge in [-0.1, -0.05) is 0 Å². The Morgan fingerprint density at radius 1 is 1.45 bits per heavy atom. The van der Waals surface area contributed by atoms with E-state index in [2.05, 4.69) is 27.8 Å². The minimum Gasteiger partial charge on any atom is -0.427 e. The summed E-state index contributed by atoms with van der Waals surface area (Å²) in [5.74, 6) is 0. The van der Waals surface area contributed by atoms with Crippen molar-refractivity contribution in [2.24, 2.45) is 0 Å². The van der Waals surface area contributed by atoms with Crippen LogP contribution in [0.5, 0.6) is 0 Å². The number of fused-ring (bicyclic) bond motifs is 1. The van der Waals surface area contributed by atoms with Crippen molar-refractivity contribution in [1.82, 2.24) is 19.9 Å². The fourth-order valence-electron chi connectivity index (χ4n) is 0.797. The maximum Gasteiger partial charge on any atom is 0.144 e. The Kier molecular flexibility index (Phi) is 1.22. The third-order valence-electron chi connectivity index (χ3n) is 1.27. The Labute approximate surface area is 67.4 Å². The molecular formula is C5H4N4OS. The lowest BCUT2D eigenvalue weighted by molar-refractivity contribution is 0.181. The normalized spacial score (nSPS) is 10.6. The third kappa shape index (κ3) is 0.911. The molecule has 0 fully saturated rings. The van der Waals surface area contributed by atoms with Crippen molar-refractivity contribution in [3.05, 3.63) is 12.5 Å². The van der Waals surface area contributed by atoms with Crippen molar-refractivity contribution < 1.29 is 5.21 Å². The molecule has 1 N–H and O–H groups in total. The number of hydrogen-bond acceptors (Lipinski definition) is 5. The molecule has 56 valence electrons. The second-order valence-electron chi connectivity index (χ2n) is 2.01. The van der Waals surface area contributed by atoms with Crippen LogP contribution in [0.2, 0.25) is 0 Å². The zero-order valence-electron chi connectivity index (χ0n) is 5.34. The second-order valence-corrected chi connectivity index (χ2v) is 2.43. The molecule has 6 heteroatoms. The molecular weight excluding hydrogens is 164 g/mol. The van der Waals surface area contributed by atoms with E-state index in [-0.39, 0.29) is 0 Å². The Bertz CT molecular complexity index is 360. The van der Waals surface area contributed by atoms with Crippen LogP contribution in [-0.4, -0.2) is 25.1 Å². The maximum atomic E-state index is 8.90. The molecule has 0 aromatic rings. The summed E-state index contributed by atoms with van der Waals surface area (Å²) >= 11 is 4.01. The minimum atomic E-state index is 0.473. The van der Waals surface area contributed by atoms with E-state index in [9.17, 15) is 0 Å². The summed E-state index contributed by atoms with van der Waals surface area (Å²) in [7, 11) is 0. The highest BCUT2D eigenvalue weighted by Gasteiger charge is 2.11. The lowest BCUT2D eigenvalue weighted by Crippen LogP contribution is -1.95. The zero-order chi connectivity index (χ0) is 7.84. The molecule has 2 aliphatic heterocycles. The Balaban J connectivity index is 2.74. The summed E-state index contributed by atoms with van der Waals surface area (Å²) in [4.78, 5) is 3.85. The maximum absolute atomic E-state index is 8.90. The summed E-state index contributed by atoms with van der Waals surface area (Å²) in [6, 6.07) is 0. The molecule has 11 heavy (non-hydrogen) atoms. The number of aromatic nitrogens is 4. The average molecular weight is 168 g/mol. The molecule has 0 amide bonds. The number of nitrogens with zero attached hydrogens (tertiary/aromatic N) is 4. The van der Waals surface area contributed by atoms with Gasteiger partial charge in [0.1, 0.15) is 22.7 Å². The van der Waals surface area contributed by atoms with Gasteiger partial charge in [0.2, 0.25) is 0 Å². The average Bonchev–Trinajstić information content (AvgIpc) is 2.32. The van der Waals surface area contributed by atoms with E-state index in [0.29, 0.717) is 16.4 Å². The second kappa shape index (κ2) is 2.09. The predicted molar refractivity (Wildman–Crippen MR) is 38.9 cm³/mol. The van der Waals surface area contributed by atoms with Gasteiger partial charge in [0.25, 0.3) is 0 Å². The predicted octanol–water partition coefficient (Wildman–Crippen LogP) is 0.304. The van der Waals surface area contributed by atoms with Crippen LogP contribution in [-0.2, 0) is 0 Å². The van der Waals surface area contributed by atoms with Crippen molar-refractivity contribution in [1.29, 1.82) is 0 Å². The summed E-state index contributed by atoms with van der Waals surface area (Å²) < 4.78 is 0.824. The van der Waals surface area contributed by atoms with Crippen LogP contribution in [0.3, 0.4) is 0 Å². The van der Waals surface area contributed by atoms with Gasteiger partial charge in [-0.3, -0.25) is 0 Å². The molecule has 0 aromatic carbocycles. The van der Waals surface area contributed by atoms with E-state index in [0.717, 1.165) is 4.73 Å². The smallest absolute Gasteiger partial charge is 0.144 e. The van der Waals surface area contributed by atoms with E-state index in [1.54, 1.807) is 0 Å². The Morgan fingerprint density at radius 3 is 3.09 bits per heavy atom. The van der Waals surface area contributed by atoms with E-state index in [1.807, 2.05) is 0 Å². The molecule has 2 heterocycles. The van der Waals surface area contributed by atoms with Crippen molar-refractivity contribution >= 4 is 12.6 Å². The largest absolute Gasteiger partial charge is 0.427 e.